The predicted octanol–water partition coefficient (Wildman–Crippen LogP) is 4.92. The fourth-order valence-electron chi connectivity index (χ4n) is 3.39. The Morgan fingerprint density at radius 1 is 1.04 bits per heavy atom. The molecule has 3 rings (SSSR count). The standard InChI is InChI=1S/C23H28N2O3/c1-23(2,3)28-22(26)25-14-11-18(12-15-25)21(17-8-6-5-7-9-17)19-10-13-24-20(16-19)27-4/h5-10,13,16H,11-12,14-15H2,1-4H3. The van der Waals surface area contributed by atoms with Gasteiger partial charge in [0, 0.05) is 25.4 Å². The number of carbonyl (C=O) groups is 1. The highest BCUT2D eigenvalue weighted by atomic mass is 16.6. The molecule has 1 aromatic heterocycles. The average molecular weight is 380 g/mol. The van der Waals surface area contributed by atoms with Gasteiger partial charge < -0.3 is 14.4 Å². The van der Waals surface area contributed by atoms with E-state index in [-0.39, 0.29) is 6.09 Å². The van der Waals surface area contributed by atoms with Crippen LogP contribution in [0.3, 0.4) is 0 Å². The lowest BCUT2D eigenvalue weighted by Crippen LogP contribution is -2.40. The van der Waals surface area contributed by atoms with Gasteiger partial charge in [-0.25, -0.2) is 9.78 Å². The topological polar surface area (TPSA) is 51.7 Å². The molecule has 1 fully saturated rings. The fraction of sp³-hybridized carbons (Fsp3) is 0.391. The molecule has 1 saturated heterocycles. The van der Waals surface area contributed by atoms with Crippen LogP contribution in [0.5, 0.6) is 5.88 Å². The summed E-state index contributed by atoms with van der Waals surface area (Å²) in [6.45, 7) is 6.99. The van der Waals surface area contributed by atoms with Crippen molar-refractivity contribution in [2.75, 3.05) is 20.2 Å². The molecule has 0 N–H and O–H groups in total. The van der Waals surface area contributed by atoms with Gasteiger partial charge in [-0.05, 0) is 56.4 Å². The van der Waals surface area contributed by atoms with Crippen molar-refractivity contribution in [3.05, 3.63) is 65.4 Å². The second-order valence-corrected chi connectivity index (χ2v) is 7.90. The quantitative estimate of drug-likeness (QED) is 0.758. The lowest BCUT2D eigenvalue weighted by atomic mass is 9.89. The van der Waals surface area contributed by atoms with Crippen LogP contribution in [-0.2, 0) is 4.74 Å². The number of carbonyl (C=O) groups excluding carboxylic acids is 1. The largest absolute Gasteiger partial charge is 0.481 e. The van der Waals surface area contributed by atoms with Gasteiger partial charge in [-0.2, -0.15) is 0 Å². The smallest absolute Gasteiger partial charge is 0.410 e. The molecule has 0 atom stereocenters. The molecule has 1 aliphatic heterocycles. The van der Waals surface area contributed by atoms with Crippen molar-refractivity contribution in [2.45, 2.75) is 39.2 Å². The third-order valence-electron chi connectivity index (χ3n) is 4.67. The summed E-state index contributed by atoms with van der Waals surface area (Å²) in [5.41, 5.74) is 4.30. The minimum Gasteiger partial charge on any atom is -0.481 e. The number of amides is 1. The average Bonchev–Trinajstić information content (AvgIpc) is 2.68. The molecule has 1 amide bonds. The molecule has 0 bridgehead atoms. The third kappa shape index (κ3) is 4.91. The van der Waals surface area contributed by atoms with E-state index in [9.17, 15) is 4.79 Å². The van der Waals surface area contributed by atoms with Gasteiger partial charge in [0.15, 0.2) is 0 Å². The monoisotopic (exact) mass is 380 g/mol. The van der Waals surface area contributed by atoms with E-state index in [4.69, 9.17) is 9.47 Å². The molecule has 148 valence electrons. The molecule has 0 radical (unpaired) electrons. The zero-order valence-corrected chi connectivity index (χ0v) is 17.1. The Labute approximate surface area is 167 Å². The molecule has 2 aromatic rings. The Balaban J connectivity index is 1.89. The summed E-state index contributed by atoms with van der Waals surface area (Å²) in [7, 11) is 1.63. The number of aromatic nitrogens is 1. The van der Waals surface area contributed by atoms with E-state index in [0.717, 1.165) is 24.0 Å². The van der Waals surface area contributed by atoms with Gasteiger partial charge in [0.05, 0.1) is 7.11 Å². The number of hydrogen-bond donors (Lipinski definition) is 0. The lowest BCUT2D eigenvalue weighted by Gasteiger charge is -2.32. The normalized spacial score (nSPS) is 14.6. The molecular weight excluding hydrogens is 352 g/mol. The second kappa shape index (κ2) is 8.46. The number of likely N-dealkylation sites (tertiary alicyclic amines) is 1. The van der Waals surface area contributed by atoms with E-state index in [1.807, 2.05) is 51.1 Å². The molecule has 1 aliphatic rings. The van der Waals surface area contributed by atoms with Gasteiger partial charge in [-0.15, -0.1) is 0 Å². The van der Waals surface area contributed by atoms with Crippen molar-refractivity contribution in [3.8, 4) is 5.88 Å². The first kappa shape index (κ1) is 19.9. The number of hydrogen-bond acceptors (Lipinski definition) is 4. The number of piperidine rings is 1. The summed E-state index contributed by atoms with van der Waals surface area (Å²) in [6, 6.07) is 14.3. The maximum Gasteiger partial charge on any atom is 0.410 e. The maximum atomic E-state index is 12.4. The SMILES string of the molecule is COc1cc(C(=C2CCN(C(=O)OC(C)(C)C)CC2)c2ccccc2)ccn1. The first-order valence-electron chi connectivity index (χ1n) is 9.63. The van der Waals surface area contributed by atoms with Gasteiger partial charge in [-0.3, -0.25) is 0 Å². The van der Waals surface area contributed by atoms with Crippen LogP contribution < -0.4 is 4.74 Å². The van der Waals surface area contributed by atoms with Gasteiger partial charge in [0.1, 0.15) is 5.60 Å². The maximum absolute atomic E-state index is 12.4. The van der Waals surface area contributed by atoms with E-state index in [2.05, 4.69) is 17.1 Å². The van der Waals surface area contributed by atoms with Gasteiger partial charge >= 0.3 is 6.09 Å². The molecule has 2 heterocycles. The predicted molar refractivity (Wildman–Crippen MR) is 110 cm³/mol. The van der Waals surface area contributed by atoms with Crippen LogP contribution in [0.25, 0.3) is 5.57 Å². The third-order valence-corrected chi connectivity index (χ3v) is 4.67. The Morgan fingerprint density at radius 2 is 1.71 bits per heavy atom. The number of ether oxygens (including phenoxy) is 2. The molecule has 1 aromatic carbocycles. The Hall–Kier alpha value is -2.82. The van der Waals surface area contributed by atoms with E-state index < -0.39 is 5.60 Å². The Morgan fingerprint density at radius 3 is 2.32 bits per heavy atom. The minimum atomic E-state index is -0.476. The number of nitrogens with zero attached hydrogens (tertiary/aromatic N) is 2. The van der Waals surface area contributed by atoms with Crippen molar-refractivity contribution in [1.29, 1.82) is 0 Å². The van der Waals surface area contributed by atoms with Crippen LogP contribution in [0.1, 0.15) is 44.7 Å². The molecule has 28 heavy (non-hydrogen) atoms. The van der Waals surface area contributed by atoms with Gasteiger partial charge in [-0.1, -0.05) is 35.9 Å². The highest BCUT2D eigenvalue weighted by molar-refractivity contribution is 5.82. The highest BCUT2D eigenvalue weighted by Gasteiger charge is 2.26. The second-order valence-electron chi connectivity index (χ2n) is 7.90. The number of methoxy groups -OCH3 is 1. The number of pyridine rings is 1. The molecule has 0 unspecified atom stereocenters. The molecular formula is C23H28N2O3. The van der Waals surface area contributed by atoms with Crippen molar-refractivity contribution < 1.29 is 14.3 Å². The van der Waals surface area contributed by atoms with Crippen molar-refractivity contribution in [2.24, 2.45) is 0 Å². The molecule has 5 heteroatoms. The van der Waals surface area contributed by atoms with E-state index in [1.54, 1.807) is 18.2 Å². The first-order valence-corrected chi connectivity index (χ1v) is 9.63. The molecule has 5 nitrogen and oxygen atoms in total. The van der Waals surface area contributed by atoms with Crippen molar-refractivity contribution in [1.82, 2.24) is 9.88 Å². The lowest BCUT2D eigenvalue weighted by molar-refractivity contribution is 0.0236. The van der Waals surface area contributed by atoms with Gasteiger partial charge in [0.25, 0.3) is 0 Å². The summed E-state index contributed by atoms with van der Waals surface area (Å²) >= 11 is 0. The number of rotatable bonds is 3. The Bertz CT molecular complexity index is 844. The Kier molecular flexibility index (Phi) is 6.02. The summed E-state index contributed by atoms with van der Waals surface area (Å²) in [5.74, 6) is 0.595. The summed E-state index contributed by atoms with van der Waals surface area (Å²) < 4.78 is 10.8. The summed E-state index contributed by atoms with van der Waals surface area (Å²) in [4.78, 5) is 18.4. The summed E-state index contributed by atoms with van der Waals surface area (Å²) in [6.07, 6.45) is 3.16. The molecule has 0 saturated carbocycles. The summed E-state index contributed by atoms with van der Waals surface area (Å²) in [5, 5.41) is 0. The van der Waals surface area contributed by atoms with Crippen molar-refractivity contribution in [3.63, 3.8) is 0 Å². The van der Waals surface area contributed by atoms with Crippen molar-refractivity contribution >= 4 is 11.7 Å². The molecule has 0 aliphatic carbocycles. The zero-order valence-electron chi connectivity index (χ0n) is 17.1. The van der Waals surface area contributed by atoms with Crippen LogP contribution in [0.2, 0.25) is 0 Å². The van der Waals surface area contributed by atoms with Crippen LogP contribution in [0.15, 0.2) is 54.2 Å². The first-order chi connectivity index (χ1) is 13.4. The molecule has 0 spiro atoms. The minimum absolute atomic E-state index is 0.238. The van der Waals surface area contributed by atoms with E-state index >= 15 is 0 Å². The number of benzene rings is 1. The fourth-order valence-corrected chi connectivity index (χ4v) is 3.39. The zero-order chi connectivity index (χ0) is 20.1. The van der Waals surface area contributed by atoms with Crippen LogP contribution in [0, 0.1) is 0 Å². The van der Waals surface area contributed by atoms with E-state index in [0.29, 0.717) is 19.0 Å². The highest BCUT2D eigenvalue weighted by Crippen LogP contribution is 2.33. The van der Waals surface area contributed by atoms with Crippen LogP contribution >= 0.6 is 0 Å². The van der Waals surface area contributed by atoms with Crippen LogP contribution in [-0.4, -0.2) is 41.8 Å². The van der Waals surface area contributed by atoms with E-state index in [1.165, 1.54) is 11.1 Å². The van der Waals surface area contributed by atoms with Gasteiger partial charge in [0.2, 0.25) is 5.88 Å². The van der Waals surface area contributed by atoms with Crippen LogP contribution in [0.4, 0.5) is 4.79 Å².